The summed E-state index contributed by atoms with van der Waals surface area (Å²) in [7, 11) is 0. The molecule has 6 heteroatoms. The van der Waals surface area contributed by atoms with E-state index in [1.807, 2.05) is 6.20 Å². The highest BCUT2D eigenvalue weighted by Gasteiger charge is 2.25. The largest absolute Gasteiger partial charge is 0.481 e. The van der Waals surface area contributed by atoms with Gasteiger partial charge in [0, 0.05) is 24.3 Å². The highest BCUT2D eigenvalue weighted by molar-refractivity contribution is 5.70. The number of aliphatic hydroxyl groups excluding tert-OH is 1. The summed E-state index contributed by atoms with van der Waals surface area (Å²) in [6.07, 6.45) is 7.08. The molecule has 1 fully saturated rings. The number of hydrogen-bond acceptors (Lipinski definition) is 4. The number of aromatic nitrogens is 2. The molecule has 0 spiro atoms. The topological polar surface area (TPSA) is 87.4 Å². The summed E-state index contributed by atoms with van der Waals surface area (Å²) in [5, 5.41) is 25.3. The molecule has 0 unspecified atom stereocenters. The lowest BCUT2D eigenvalue weighted by molar-refractivity contribution is -0.142. The van der Waals surface area contributed by atoms with Crippen molar-refractivity contribution in [2.24, 2.45) is 5.92 Å². The van der Waals surface area contributed by atoms with E-state index in [9.17, 15) is 4.79 Å². The number of carboxylic acids is 1. The van der Waals surface area contributed by atoms with Crippen LogP contribution >= 0.6 is 0 Å². The maximum atomic E-state index is 10.9. The van der Waals surface area contributed by atoms with Crippen molar-refractivity contribution < 1.29 is 15.0 Å². The van der Waals surface area contributed by atoms with E-state index in [1.54, 1.807) is 10.9 Å². The molecule has 106 valence electrons. The van der Waals surface area contributed by atoms with Gasteiger partial charge >= 0.3 is 5.97 Å². The summed E-state index contributed by atoms with van der Waals surface area (Å²) in [5.74, 6) is -0.825. The van der Waals surface area contributed by atoms with Gasteiger partial charge in [0.15, 0.2) is 0 Å². The van der Waals surface area contributed by atoms with E-state index in [2.05, 4.69) is 10.4 Å². The van der Waals surface area contributed by atoms with Gasteiger partial charge in [0.1, 0.15) is 0 Å². The molecule has 3 N–H and O–H groups in total. The van der Waals surface area contributed by atoms with Crippen LogP contribution in [0.2, 0.25) is 0 Å². The summed E-state index contributed by atoms with van der Waals surface area (Å²) in [5.41, 5.74) is 1.09. The third kappa shape index (κ3) is 4.04. The first-order valence-corrected chi connectivity index (χ1v) is 6.77. The second-order valence-electron chi connectivity index (χ2n) is 5.10. The third-order valence-electron chi connectivity index (χ3n) is 3.69. The predicted molar refractivity (Wildman–Crippen MR) is 69.5 cm³/mol. The fourth-order valence-electron chi connectivity index (χ4n) is 2.53. The molecule has 2 rings (SSSR count). The van der Waals surface area contributed by atoms with Crippen LogP contribution in [0.4, 0.5) is 0 Å². The van der Waals surface area contributed by atoms with Crippen LogP contribution in [-0.4, -0.2) is 38.6 Å². The summed E-state index contributed by atoms with van der Waals surface area (Å²) in [6, 6.07) is 0.400. The first-order chi connectivity index (χ1) is 9.19. The van der Waals surface area contributed by atoms with Gasteiger partial charge in [-0.05, 0) is 25.7 Å². The van der Waals surface area contributed by atoms with Gasteiger partial charge in [-0.3, -0.25) is 9.48 Å². The first kappa shape index (κ1) is 14.0. The molecular weight excluding hydrogens is 246 g/mol. The summed E-state index contributed by atoms with van der Waals surface area (Å²) < 4.78 is 1.72. The average molecular weight is 267 g/mol. The van der Waals surface area contributed by atoms with Gasteiger partial charge in [0.25, 0.3) is 0 Å². The van der Waals surface area contributed by atoms with Gasteiger partial charge in [0.05, 0.1) is 25.3 Å². The molecule has 19 heavy (non-hydrogen) atoms. The fraction of sp³-hybridized carbons (Fsp3) is 0.692. The highest BCUT2D eigenvalue weighted by atomic mass is 16.4. The van der Waals surface area contributed by atoms with Crippen LogP contribution in [0, 0.1) is 5.92 Å². The van der Waals surface area contributed by atoms with Crippen molar-refractivity contribution in [3.63, 3.8) is 0 Å². The van der Waals surface area contributed by atoms with Gasteiger partial charge in [-0.25, -0.2) is 0 Å². The summed E-state index contributed by atoms with van der Waals surface area (Å²) in [6.45, 7) is 1.35. The first-order valence-electron chi connectivity index (χ1n) is 6.77. The molecule has 1 aliphatic rings. The Kier molecular flexibility index (Phi) is 4.93. The van der Waals surface area contributed by atoms with Crippen molar-refractivity contribution in [3.05, 3.63) is 18.0 Å². The van der Waals surface area contributed by atoms with Crippen LogP contribution in [0.3, 0.4) is 0 Å². The highest BCUT2D eigenvalue weighted by Crippen LogP contribution is 2.24. The Balaban J connectivity index is 1.72. The zero-order chi connectivity index (χ0) is 13.7. The van der Waals surface area contributed by atoms with Gasteiger partial charge in [-0.2, -0.15) is 5.10 Å². The number of nitrogens with zero attached hydrogens (tertiary/aromatic N) is 2. The van der Waals surface area contributed by atoms with Gasteiger partial charge in [0.2, 0.25) is 0 Å². The predicted octanol–water partition coefficient (Wildman–Crippen LogP) is 0.608. The van der Waals surface area contributed by atoms with Crippen LogP contribution < -0.4 is 5.32 Å². The molecule has 1 aliphatic carbocycles. The van der Waals surface area contributed by atoms with Crippen LogP contribution in [0.1, 0.15) is 31.2 Å². The van der Waals surface area contributed by atoms with E-state index in [4.69, 9.17) is 10.2 Å². The Morgan fingerprint density at radius 2 is 2.16 bits per heavy atom. The van der Waals surface area contributed by atoms with Crippen LogP contribution in [-0.2, 0) is 17.9 Å². The molecule has 0 bridgehead atoms. The number of rotatable bonds is 6. The third-order valence-corrected chi connectivity index (χ3v) is 3.69. The van der Waals surface area contributed by atoms with Crippen molar-refractivity contribution in [1.82, 2.24) is 15.1 Å². The SMILES string of the molecule is O=C(O)C1CCC(NCc2cnn(CCO)c2)CC1. The van der Waals surface area contributed by atoms with E-state index >= 15 is 0 Å². The van der Waals surface area contributed by atoms with Crippen molar-refractivity contribution in [1.29, 1.82) is 0 Å². The monoisotopic (exact) mass is 267 g/mol. The van der Waals surface area contributed by atoms with Gasteiger partial charge in [-0.15, -0.1) is 0 Å². The molecule has 1 aromatic heterocycles. The number of hydrogen-bond donors (Lipinski definition) is 3. The minimum Gasteiger partial charge on any atom is -0.481 e. The molecule has 0 amide bonds. The quantitative estimate of drug-likeness (QED) is 0.703. The molecule has 1 saturated carbocycles. The second kappa shape index (κ2) is 6.68. The maximum Gasteiger partial charge on any atom is 0.306 e. The standard InChI is InChI=1S/C13H21N3O3/c17-6-5-16-9-10(8-15-16)7-14-12-3-1-11(2-4-12)13(18)19/h8-9,11-12,14,17H,1-7H2,(H,18,19). The Morgan fingerprint density at radius 1 is 1.42 bits per heavy atom. The second-order valence-corrected chi connectivity index (χ2v) is 5.10. The van der Waals surface area contributed by atoms with Gasteiger partial charge < -0.3 is 15.5 Å². The maximum absolute atomic E-state index is 10.9. The Hall–Kier alpha value is -1.40. The number of carboxylic acid groups (broad SMARTS) is 1. The van der Waals surface area contributed by atoms with Crippen LogP contribution in [0.5, 0.6) is 0 Å². The molecular formula is C13H21N3O3. The number of carbonyl (C=O) groups is 1. The lowest BCUT2D eigenvalue weighted by atomic mass is 9.86. The number of nitrogens with one attached hydrogen (secondary N) is 1. The fourth-order valence-corrected chi connectivity index (χ4v) is 2.53. The van der Waals surface area contributed by atoms with E-state index in [0.29, 0.717) is 12.6 Å². The molecule has 0 aliphatic heterocycles. The smallest absolute Gasteiger partial charge is 0.306 e. The summed E-state index contributed by atoms with van der Waals surface area (Å²) in [4.78, 5) is 10.9. The molecule has 1 aromatic rings. The minimum absolute atomic E-state index is 0.0910. The molecule has 1 heterocycles. The number of aliphatic carboxylic acids is 1. The molecule has 0 radical (unpaired) electrons. The average Bonchev–Trinajstić information content (AvgIpc) is 2.85. The van der Waals surface area contributed by atoms with E-state index in [-0.39, 0.29) is 12.5 Å². The molecule has 0 aromatic carbocycles. The number of aliphatic hydroxyl groups is 1. The Bertz CT molecular complexity index is 411. The summed E-state index contributed by atoms with van der Waals surface area (Å²) >= 11 is 0. The normalized spacial score (nSPS) is 23.4. The van der Waals surface area contributed by atoms with E-state index in [1.165, 1.54) is 0 Å². The molecule has 6 nitrogen and oxygen atoms in total. The van der Waals surface area contributed by atoms with Crippen molar-refractivity contribution in [2.45, 2.75) is 44.8 Å². The van der Waals surface area contributed by atoms with Crippen molar-refractivity contribution in [2.75, 3.05) is 6.61 Å². The lowest BCUT2D eigenvalue weighted by Gasteiger charge is -2.26. The lowest BCUT2D eigenvalue weighted by Crippen LogP contribution is -2.34. The van der Waals surface area contributed by atoms with E-state index < -0.39 is 5.97 Å². The molecule has 0 saturated heterocycles. The zero-order valence-electron chi connectivity index (χ0n) is 11.0. The Labute approximate surface area is 112 Å². The van der Waals surface area contributed by atoms with Crippen LogP contribution in [0.15, 0.2) is 12.4 Å². The van der Waals surface area contributed by atoms with Crippen molar-refractivity contribution >= 4 is 5.97 Å². The van der Waals surface area contributed by atoms with Crippen LogP contribution in [0.25, 0.3) is 0 Å². The molecule has 0 atom stereocenters. The van der Waals surface area contributed by atoms with Gasteiger partial charge in [-0.1, -0.05) is 0 Å². The zero-order valence-corrected chi connectivity index (χ0v) is 11.0. The Morgan fingerprint density at radius 3 is 2.79 bits per heavy atom. The van der Waals surface area contributed by atoms with E-state index in [0.717, 1.165) is 37.8 Å². The minimum atomic E-state index is -0.663. The van der Waals surface area contributed by atoms with Crippen molar-refractivity contribution in [3.8, 4) is 0 Å².